The third-order valence-corrected chi connectivity index (χ3v) is 4.29. The maximum atomic E-state index is 5.94. The lowest BCUT2D eigenvalue weighted by atomic mass is 9.96. The topological polar surface area (TPSA) is 50.4 Å². The first-order chi connectivity index (χ1) is 9.28. The van der Waals surface area contributed by atoms with Crippen LogP contribution in [-0.4, -0.2) is 18.3 Å². The molecule has 1 fully saturated rings. The minimum atomic E-state index is 0. The van der Waals surface area contributed by atoms with Crippen molar-refractivity contribution in [2.75, 3.05) is 6.26 Å². The van der Waals surface area contributed by atoms with Gasteiger partial charge >= 0.3 is 0 Å². The molecule has 0 saturated heterocycles. The van der Waals surface area contributed by atoms with Crippen LogP contribution in [0.5, 0.6) is 0 Å². The van der Waals surface area contributed by atoms with E-state index in [0.29, 0.717) is 18.5 Å². The number of hydrogen-bond acceptors (Lipinski definition) is 2. The Morgan fingerprint density at radius 1 is 1.25 bits per heavy atom. The first-order valence-electron chi connectivity index (χ1n) is 6.97. The van der Waals surface area contributed by atoms with E-state index in [1.165, 1.54) is 42.6 Å². The van der Waals surface area contributed by atoms with Crippen LogP contribution in [0.2, 0.25) is 0 Å². The molecule has 1 aliphatic carbocycles. The molecule has 0 spiro atoms. The van der Waals surface area contributed by atoms with E-state index in [1.807, 2.05) is 0 Å². The third-order valence-electron chi connectivity index (χ3n) is 3.55. The number of hydrogen-bond donors (Lipinski definition) is 2. The van der Waals surface area contributed by atoms with E-state index >= 15 is 0 Å². The predicted molar refractivity (Wildman–Crippen MR) is 99.0 cm³/mol. The van der Waals surface area contributed by atoms with Crippen LogP contribution >= 0.6 is 35.7 Å². The fourth-order valence-electron chi connectivity index (χ4n) is 2.41. The van der Waals surface area contributed by atoms with Crippen LogP contribution in [0.4, 0.5) is 0 Å². The van der Waals surface area contributed by atoms with Gasteiger partial charge in [-0.15, -0.1) is 35.7 Å². The first kappa shape index (κ1) is 17.6. The molecule has 0 bridgehead atoms. The lowest BCUT2D eigenvalue weighted by molar-refractivity contribution is 0.412. The van der Waals surface area contributed by atoms with Crippen LogP contribution in [0.3, 0.4) is 0 Å². The Morgan fingerprint density at radius 2 is 1.90 bits per heavy atom. The zero-order chi connectivity index (χ0) is 13.5. The van der Waals surface area contributed by atoms with Gasteiger partial charge in [0, 0.05) is 10.9 Å². The Morgan fingerprint density at radius 3 is 2.50 bits per heavy atom. The third kappa shape index (κ3) is 5.91. The van der Waals surface area contributed by atoms with Crippen molar-refractivity contribution >= 4 is 41.7 Å². The van der Waals surface area contributed by atoms with E-state index in [0.717, 1.165) is 0 Å². The molecule has 1 aromatic carbocycles. The minimum absolute atomic E-state index is 0. The van der Waals surface area contributed by atoms with Crippen LogP contribution in [0.1, 0.15) is 37.7 Å². The fourth-order valence-corrected chi connectivity index (χ4v) is 2.82. The molecule has 5 heteroatoms. The summed E-state index contributed by atoms with van der Waals surface area (Å²) in [5, 5.41) is 3.34. The molecule has 0 aromatic heterocycles. The van der Waals surface area contributed by atoms with Crippen molar-refractivity contribution in [1.29, 1.82) is 0 Å². The number of aliphatic imine (C=N–C) groups is 1. The van der Waals surface area contributed by atoms with Gasteiger partial charge in [0.1, 0.15) is 0 Å². The molecule has 0 heterocycles. The van der Waals surface area contributed by atoms with Gasteiger partial charge < -0.3 is 11.1 Å². The number of thioether (sulfide) groups is 1. The lowest BCUT2D eigenvalue weighted by Crippen LogP contribution is -2.41. The molecule has 0 atom stereocenters. The van der Waals surface area contributed by atoms with Gasteiger partial charge in [-0.1, -0.05) is 31.4 Å². The molecule has 1 aromatic rings. The molecule has 1 aliphatic rings. The van der Waals surface area contributed by atoms with E-state index in [4.69, 9.17) is 5.73 Å². The molecule has 0 aliphatic heterocycles. The summed E-state index contributed by atoms with van der Waals surface area (Å²) in [6, 6.07) is 9.00. The molecule has 20 heavy (non-hydrogen) atoms. The van der Waals surface area contributed by atoms with Crippen molar-refractivity contribution in [2.24, 2.45) is 10.7 Å². The summed E-state index contributed by atoms with van der Waals surface area (Å²) in [4.78, 5) is 5.70. The smallest absolute Gasteiger partial charge is 0.189 e. The number of guanidine groups is 1. The van der Waals surface area contributed by atoms with Gasteiger partial charge in [-0.3, -0.25) is 0 Å². The van der Waals surface area contributed by atoms with Gasteiger partial charge in [0.05, 0.1) is 6.54 Å². The Hall–Kier alpha value is -0.430. The second-order valence-corrected chi connectivity index (χ2v) is 5.91. The van der Waals surface area contributed by atoms with Gasteiger partial charge in [0.15, 0.2) is 5.96 Å². The van der Waals surface area contributed by atoms with E-state index in [9.17, 15) is 0 Å². The van der Waals surface area contributed by atoms with Gasteiger partial charge in [0.25, 0.3) is 0 Å². The Bertz CT molecular complexity index is 414. The van der Waals surface area contributed by atoms with Crippen molar-refractivity contribution in [3.63, 3.8) is 0 Å². The molecule has 0 unspecified atom stereocenters. The number of benzene rings is 1. The van der Waals surface area contributed by atoms with E-state index in [-0.39, 0.29) is 24.0 Å². The number of nitrogens with one attached hydrogen (secondary N) is 1. The molecule has 112 valence electrons. The summed E-state index contributed by atoms with van der Waals surface area (Å²) in [6.07, 6.45) is 8.50. The molecular formula is C15H24IN3S. The van der Waals surface area contributed by atoms with Crippen molar-refractivity contribution in [3.05, 3.63) is 29.8 Å². The molecule has 1 saturated carbocycles. The lowest BCUT2D eigenvalue weighted by Gasteiger charge is -2.23. The van der Waals surface area contributed by atoms with Crippen LogP contribution < -0.4 is 11.1 Å². The zero-order valence-corrected chi connectivity index (χ0v) is 15.1. The van der Waals surface area contributed by atoms with Crippen LogP contribution in [0, 0.1) is 0 Å². The largest absolute Gasteiger partial charge is 0.370 e. The van der Waals surface area contributed by atoms with Crippen molar-refractivity contribution < 1.29 is 0 Å². The van der Waals surface area contributed by atoms with Gasteiger partial charge in [-0.25, -0.2) is 4.99 Å². The maximum absolute atomic E-state index is 5.94. The van der Waals surface area contributed by atoms with Gasteiger partial charge in [-0.2, -0.15) is 0 Å². The molecule has 0 radical (unpaired) electrons. The monoisotopic (exact) mass is 405 g/mol. The SMILES string of the molecule is CSc1ccc(CN=C(N)NC2CCCCC2)cc1.I. The van der Waals surface area contributed by atoms with Crippen LogP contribution in [-0.2, 0) is 6.54 Å². The summed E-state index contributed by atoms with van der Waals surface area (Å²) in [5.74, 6) is 0.584. The Balaban J connectivity index is 0.00000200. The predicted octanol–water partition coefficient (Wildman–Crippen LogP) is 3.76. The number of nitrogens with zero attached hydrogens (tertiary/aromatic N) is 1. The second kappa shape index (κ2) is 9.50. The highest BCUT2D eigenvalue weighted by Gasteiger charge is 2.13. The molecule has 2 rings (SSSR count). The van der Waals surface area contributed by atoms with Gasteiger partial charge in [-0.05, 0) is 36.8 Å². The minimum Gasteiger partial charge on any atom is -0.370 e. The summed E-state index contributed by atoms with van der Waals surface area (Å²) in [7, 11) is 0. The second-order valence-electron chi connectivity index (χ2n) is 5.03. The normalized spacial score (nSPS) is 16.6. The summed E-state index contributed by atoms with van der Waals surface area (Å²) in [6.45, 7) is 0.653. The quantitative estimate of drug-likeness (QED) is 0.347. The van der Waals surface area contributed by atoms with Crippen molar-refractivity contribution in [3.8, 4) is 0 Å². The van der Waals surface area contributed by atoms with Crippen molar-refractivity contribution in [1.82, 2.24) is 5.32 Å². The standard InChI is InChI=1S/C15H23N3S.HI/c1-19-14-9-7-12(8-10-14)11-17-15(16)18-13-5-3-2-4-6-13;/h7-10,13H,2-6,11H2,1H3,(H3,16,17,18);1H. The fraction of sp³-hybridized carbons (Fsp3) is 0.533. The van der Waals surface area contributed by atoms with E-state index in [1.54, 1.807) is 11.8 Å². The average molecular weight is 405 g/mol. The first-order valence-corrected chi connectivity index (χ1v) is 8.20. The molecule has 0 amide bonds. The Kier molecular flexibility index (Phi) is 8.37. The molecule has 3 N–H and O–H groups in total. The molecule has 3 nitrogen and oxygen atoms in total. The Labute approximate surface area is 143 Å². The average Bonchev–Trinajstić information content (AvgIpc) is 2.47. The molecular weight excluding hydrogens is 381 g/mol. The maximum Gasteiger partial charge on any atom is 0.189 e. The highest BCUT2D eigenvalue weighted by molar-refractivity contribution is 14.0. The van der Waals surface area contributed by atoms with Crippen LogP contribution in [0.25, 0.3) is 0 Å². The zero-order valence-electron chi connectivity index (χ0n) is 12.0. The van der Waals surface area contributed by atoms with E-state index < -0.39 is 0 Å². The number of rotatable bonds is 4. The van der Waals surface area contributed by atoms with E-state index in [2.05, 4.69) is 40.8 Å². The highest BCUT2D eigenvalue weighted by atomic mass is 127. The van der Waals surface area contributed by atoms with Gasteiger partial charge in [0.2, 0.25) is 0 Å². The number of halogens is 1. The summed E-state index contributed by atoms with van der Waals surface area (Å²) in [5.41, 5.74) is 7.14. The summed E-state index contributed by atoms with van der Waals surface area (Å²) < 4.78 is 0. The van der Waals surface area contributed by atoms with Crippen LogP contribution in [0.15, 0.2) is 34.2 Å². The highest BCUT2D eigenvalue weighted by Crippen LogP contribution is 2.17. The summed E-state index contributed by atoms with van der Waals surface area (Å²) >= 11 is 1.75. The number of nitrogens with two attached hydrogens (primary N) is 1. The van der Waals surface area contributed by atoms with Crippen molar-refractivity contribution in [2.45, 2.75) is 49.6 Å².